The highest BCUT2D eigenvalue weighted by molar-refractivity contribution is 5.99. The van der Waals surface area contributed by atoms with Gasteiger partial charge >= 0.3 is 0 Å². The molecule has 0 spiro atoms. The van der Waals surface area contributed by atoms with Crippen LogP contribution in [0, 0.1) is 13.8 Å². The van der Waals surface area contributed by atoms with E-state index in [1.807, 2.05) is 13.8 Å². The summed E-state index contributed by atoms with van der Waals surface area (Å²) in [5.41, 5.74) is 2.07. The van der Waals surface area contributed by atoms with Crippen LogP contribution in [0.5, 0.6) is 0 Å². The van der Waals surface area contributed by atoms with Gasteiger partial charge in [0.1, 0.15) is 6.04 Å². The Bertz CT molecular complexity index is 528. The van der Waals surface area contributed by atoms with Gasteiger partial charge in [0, 0.05) is 18.3 Å². The Balaban J connectivity index is 1.77. The van der Waals surface area contributed by atoms with E-state index in [1.54, 1.807) is 4.90 Å². The Kier molecular flexibility index (Phi) is 3.23. The summed E-state index contributed by atoms with van der Waals surface area (Å²) < 4.78 is 0. The molecule has 3 rings (SSSR count). The Morgan fingerprint density at radius 2 is 2.05 bits per heavy atom. The first-order chi connectivity index (χ1) is 9.58. The van der Waals surface area contributed by atoms with Crippen LogP contribution in [0.1, 0.15) is 47.4 Å². The molecule has 1 unspecified atom stereocenters. The van der Waals surface area contributed by atoms with Crippen molar-refractivity contribution in [1.29, 1.82) is 0 Å². The zero-order valence-electron chi connectivity index (χ0n) is 11.9. The molecular formula is C14H20N4O2. The Labute approximate surface area is 117 Å². The molecule has 0 aromatic carbocycles. The molecule has 1 aliphatic heterocycles. The fourth-order valence-corrected chi connectivity index (χ4v) is 2.82. The summed E-state index contributed by atoms with van der Waals surface area (Å²) in [5.74, 6) is -0.0839. The van der Waals surface area contributed by atoms with Gasteiger partial charge in [-0.3, -0.25) is 14.7 Å². The Hall–Kier alpha value is -1.85. The standard InChI is InChI=1S/C14H20N4O2/c1-8-12(9(2)17-16-8)14(20)18-7-3-4-11(18)13(19)15-10-5-6-10/h10-11H,3-7H2,1-2H3,(H,15,19)(H,16,17). The van der Waals surface area contributed by atoms with Crippen molar-refractivity contribution in [3.8, 4) is 0 Å². The molecule has 0 bridgehead atoms. The minimum atomic E-state index is -0.322. The number of aromatic amines is 1. The van der Waals surface area contributed by atoms with Gasteiger partial charge in [-0.25, -0.2) is 0 Å². The predicted octanol–water partition coefficient (Wildman–Crippen LogP) is 0.910. The van der Waals surface area contributed by atoms with Gasteiger partial charge in [-0.1, -0.05) is 0 Å². The summed E-state index contributed by atoms with van der Waals surface area (Å²) >= 11 is 0. The summed E-state index contributed by atoms with van der Waals surface area (Å²) in [6, 6.07) is 0.00856. The molecule has 6 nitrogen and oxygen atoms in total. The quantitative estimate of drug-likeness (QED) is 0.861. The van der Waals surface area contributed by atoms with Gasteiger partial charge in [0.05, 0.1) is 11.3 Å². The van der Waals surface area contributed by atoms with E-state index in [-0.39, 0.29) is 17.9 Å². The zero-order valence-corrected chi connectivity index (χ0v) is 11.9. The van der Waals surface area contributed by atoms with Crippen molar-refractivity contribution in [3.05, 3.63) is 17.0 Å². The summed E-state index contributed by atoms with van der Waals surface area (Å²) in [7, 11) is 0. The first-order valence-electron chi connectivity index (χ1n) is 7.21. The fraction of sp³-hybridized carbons (Fsp3) is 0.643. The van der Waals surface area contributed by atoms with Crippen LogP contribution in [0.4, 0.5) is 0 Å². The highest BCUT2D eigenvalue weighted by atomic mass is 16.2. The molecular weight excluding hydrogens is 256 g/mol. The molecule has 2 amide bonds. The van der Waals surface area contributed by atoms with E-state index >= 15 is 0 Å². The van der Waals surface area contributed by atoms with Crippen LogP contribution in [-0.4, -0.2) is 45.5 Å². The van der Waals surface area contributed by atoms with Crippen LogP contribution in [0.25, 0.3) is 0 Å². The molecule has 1 aromatic heterocycles. The lowest BCUT2D eigenvalue weighted by Gasteiger charge is -2.24. The summed E-state index contributed by atoms with van der Waals surface area (Å²) in [6.07, 6.45) is 3.75. The van der Waals surface area contributed by atoms with Gasteiger partial charge in [-0.2, -0.15) is 5.10 Å². The Morgan fingerprint density at radius 1 is 1.30 bits per heavy atom. The van der Waals surface area contributed by atoms with E-state index in [1.165, 1.54) is 0 Å². The number of H-pyrrole nitrogens is 1. The van der Waals surface area contributed by atoms with Crippen molar-refractivity contribution in [2.24, 2.45) is 0 Å². The third-order valence-electron chi connectivity index (χ3n) is 4.08. The molecule has 1 saturated heterocycles. The van der Waals surface area contributed by atoms with Crippen molar-refractivity contribution in [3.63, 3.8) is 0 Å². The van der Waals surface area contributed by atoms with Crippen LogP contribution in [-0.2, 0) is 4.79 Å². The molecule has 1 atom stereocenters. The molecule has 2 N–H and O–H groups in total. The number of aryl methyl sites for hydroxylation is 2. The first kappa shape index (κ1) is 13.1. The van der Waals surface area contributed by atoms with E-state index in [0.29, 0.717) is 23.8 Å². The predicted molar refractivity (Wildman–Crippen MR) is 73.3 cm³/mol. The maximum atomic E-state index is 12.7. The summed E-state index contributed by atoms with van der Waals surface area (Å²) in [5, 5.41) is 9.89. The van der Waals surface area contributed by atoms with E-state index in [9.17, 15) is 9.59 Å². The number of nitrogens with zero attached hydrogens (tertiary/aromatic N) is 2. The van der Waals surface area contributed by atoms with Crippen molar-refractivity contribution >= 4 is 11.8 Å². The third-order valence-corrected chi connectivity index (χ3v) is 4.08. The maximum absolute atomic E-state index is 12.7. The molecule has 2 fully saturated rings. The topological polar surface area (TPSA) is 78.1 Å². The van der Waals surface area contributed by atoms with E-state index in [0.717, 1.165) is 31.4 Å². The number of hydrogen-bond acceptors (Lipinski definition) is 3. The highest BCUT2D eigenvalue weighted by Crippen LogP contribution is 2.24. The molecule has 1 saturated carbocycles. The van der Waals surface area contributed by atoms with Crippen LogP contribution >= 0.6 is 0 Å². The fourth-order valence-electron chi connectivity index (χ4n) is 2.82. The number of aromatic nitrogens is 2. The molecule has 20 heavy (non-hydrogen) atoms. The molecule has 108 valence electrons. The van der Waals surface area contributed by atoms with Gasteiger partial charge in [0.15, 0.2) is 0 Å². The highest BCUT2D eigenvalue weighted by Gasteiger charge is 2.37. The molecule has 2 aliphatic rings. The number of carbonyl (C=O) groups excluding carboxylic acids is 2. The van der Waals surface area contributed by atoms with E-state index in [4.69, 9.17) is 0 Å². The van der Waals surface area contributed by atoms with Crippen molar-refractivity contribution in [2.45, 2.75) is 51.6 Å². The van der Waals surface area contributed by atoms with Crippen LogP contribution in [0.15, 0.2) is 0 Å². The van der Waals surface area contributed by atoms with E-state index < -0.39 is 0 Å². The number of amides is 2. The molecule has 1 aromatic rings. The SMILES string of the molecule is Cc1n[nH]c(C)c1C(=O)N1CCCC1C(=O)NC1CC1. The monoisotopic (exact) mass is 276 g/mol. The minimum Gasteiger partial charge on any atom is -0.352 e. The number of nitrogens with one attached hydrogen (secondary N) is 2. The summed E-state index contributed by atoms with van der Waals surface area (Å²) in [6.45, 7) is 4.29. The van der Waals surface area contributed by atoms with Gasteiger partial charge in [-0.05, 0) is 39.5 Å². The van der Waals surface area contributed by atoms with Crippen LogP contribution in [0.2, 0.25) is 0 Å². The van der Waals surface area contributed by atoms with E-state index in [2.05, 4.69) is 15.5 Å². The summed E-state index contributed by atoms with van der Waals surface area (Å²) in [4.78, 5) is 26.6. The molecule has 2 heterocycles. The first-order valence-corrected chi connectivity index (χ1v) is 7.21. The van der Waals surface area contributed by atoms with Gasteiger partial charge in [-0.15, -0.1) is 0 Å². The lowest BCUT2D eigenvalue weighted by Crippen LogP contribution is -2.46. The second-order valence-electron chi connectivity index (χ2n) is 5.75. The number of hydrogen-bond donors (Lipinski definition) is 2. The van der Waals surface area contributed by atoms with Crippen molar-refractivity contribution in [1.82, 2.24) is 20.4 Å². The van der Waals surface area contributed by atoms with Gasteiger partial charge < -0.3 is 10.2 Å². The van der Waals surface area contributed by atoms with Gasteiger partial charge in [0.2, 0.25) is 5.91 Å². The number of rotatable bonds is 3. The van der Waals surface area contributed by atoms with Crippen LogP contribution in [0.3, 0.4) is 0 Å². The second-order valence-corrected chi connectivity index (χ2v) is 5.75. The average molecular weight is 276 g/mol. The smallest absolute Gasteiger partial charge is 0.258 e. The van der Waals surface area contributed by atoms with Crippen molar-refractivity contribution in [2.75, 3.05) is 6.54 Å². The number of carbonyl (C=O) groups is 2. The molecule has 1 aliphatic carbocycles. The Morgan fingerprint density at radius 3 is 2.65 bits per heavy atom. The largest absolute Gasteiger partial charge is 0.352 e. The van der Waals surface area contributed by atoms with Crippen LogP contribution < -0.4 is 5.32 Å². The lowest BCUT2D eigenvalue weighted by atomic mass is 10.1. The maximum Gasteiger partial charge on any atom is 0.258 e. The lowest BCUT2D eigenvalue weighted by molar-refractivity contribution is -0.125. The second kappa shape index (κ2) is 4.92. The minimum absolute atomic E-state index is 0.00264. The van der Waals surface area contributed by atoms with Crippen molar-refractivity contribution < 1.29 is 9.59 Å². The number of likely N-dealkylation sites (tertiary alicyclic amines) is 1. The third kappa shape index (κ3) is 2.30. The molecule has 6 heteroatoms. The zero-order chi connectivity index (χ0) is 14.3. The van der Waals surface area contributed by atoms with Gasteiger partial charge in [0.25, 0.3) is 5.91 Å². The normalized spacial score (nSPS) is 22.1. The average Bonchev–Trinajstić information content (AvgIpc) is 2.98. The molecule has 0 radical (unpaired) electrons.